The standard InChI is InChI=1S/C12H10BrIN2/c1-8-11(13)5-6-12(15-8)16-10-4-2-3-9(14)7-10/h2-7H,1H3,(H,15,16). The molecule has 0 atom stereocenters. The lowest BCUT2D eigenvalue weighted by Crippen LogP contribution is -1.95. The largest absolute Gasteiger partial charge is 0.340 e. The maximum absolute atomic E-state index is 4.44. The molecule has 0 amide bonds. The third-order valence-corrected chi connectivity index (χ3v) is 3.63. The first kappa shape index (κ1) is 11.9. The van der Waals surface area contributed by atoms with Crippen LogP contribution in [0.1, 0.15) is 5.69 Å². The van der Waals surface area contributed by atoms with E-state index < -0.39 is 0 Å². The van der Waals surface area contributed by atoms with Gasteiger partial charge < -0.3 is 5.32 Å². The molecule has 0 aliphatic carbocycles. The fraction of sp³-hybridized carbons (Fsp3) is 0.0833. The van der Waals surface area contributed by atoms with E-state index in [4.69, 9.17) is 0 Å². The summed E-state index contributed by atoms with van der Waals surface area (Å²) >= 11 is 5.73. The van der Waals surface area contributed by atoms with Gasteiger partial charge in [0, 0.05) is 13.7 Å². The molecule has 2 nitrogen and oxygen atoms in total. The van der Waals surface area contributed by atoms with Crippen LogP contribution in [0.2, 0.25) is 0 Å². The molecule has 0 aliphatic rings. The van der Waals surface area contributed by atoms with Crippen LogP contribution in [0.15, 0.2) is 40.9 Å². The van der Waals surface area contributed by atoms with Crippen LogP contribution in [0.5, 0.6) is 0 Å². The van der Waals surface area contributed by atoms with Crippen LogP contribution in [0.25, 0.3) is 0 Å². The van der Waals surface area contributed by atoms with E-state index in [2.05, 4.69) is 61.0 Å². The van der Waals surface area contributed by atoms with Gasteiger partial charge in [0.15, 0.2) is 0 Å². The van der Waals surface area contributed by atoms with Gasteiger partial charge in [-0.2, -0.15) is 0 Å². The predicted molar refractivity (Wildman–Crippen MR) is 79.1 cm³/mol. The number of aryl methyl sites for hydroxylation is 1. The molecule has 0 radical (unpaired) electrons. The Morgan fingerprint density at radius 2 is 2.06 bits per heavy atom. The van der Waals surface area contributed by atoms with Crippen molar-refractivity contribution in [3.05, 3.63) is 50.1 Å². The number of anilines is 2. The van der Waals surface area contributed by atoms with Crippen molar-refractivity contribution in [2.24, 2.45) is 0 Å². The third-order valence-electron chi connectivity index (χ3n) is 2.12. The van der Waals surface area contributed by atoms with Gasteiger partial charge in [-0.05, 0) is 75.8 Å². The molecular weight excluding hydrogens is 379 g/mol. The molecule has 1 aromatic carbocycles. The van der Waals surface area contributed by atoms with Crippen LogP contribution in [0.3, 0.4) is 0 Å². The molecule has 0 bridgehead atoms. The topological polar surface area (TPSA) is 24.9 Å². The minimum absolute atomic E-state index is 0.864. The number of nitrogens with one attached hydrogen (secondary N) is 1. The summed E-state index contributed by atoms with van der Waals surface area (Å²) in [7, 11) is 0. The van der Waals surface area contributed by atoms with Gasteiger partial charge in [-0.1, -0.05) is 6.07 Å². The monoisotopic (exact) mass is 388 g/mol. The smallest absolute Gasteiger partial charge is 0.130 e. The van der Waals surface area contributed by atoms with Crippen LogP contribution in [-0.2, 0) is 0 Å². The normalized spacial score (nSPS) is 10.2. The molecule has 1 heterocycles. The summed E-state index contributed by atoms with van der Waals surface area (Å²) in [6.45, 7) is 1.98. The average molecular weight is 389 g/mol. The van der Waals surface area contributed by atoms with Crippen LogP contribution in [-0.4, -0.2) is 4.98 Å². The Labute approximate surface area is 117 Å². The van der Waals surface area contributed by atoms with Crippen LogP contribution < -0.4 is 5.32 Å². The van der Waals surface area contributed by atoms with E-state index >= 15 is 0 Å². The molecule has 4 heteroatoms. The van der Waals surface area contributed by atoms with E-state index in [1.165, 1.54) is 3.57 Å². The number of hydrogen-bond acceptors (Lipinski definition) is 2. The number of pyridine rings is 1. The van der Waals surface area contributed by atoms with Gasteiger partial charge >= 0.3 is 0 Å². The summed E-state index contributed by atoms with van der Waals surface area (Å²) < 4.78 is 2.23. The fourth-order valence-corrected chi connectivity index (χ4v) is 2.09. The lowest BCUT2D eigenvalue weighted by molar-refractivity contribution is 1.18. The van der Waals surface area contributed by atoms with Gasteiger partial charge in [0.1, 0.15) is 5.82 Å². The number of benzene rings is 1. The Morgan fingerprint density at radius 3 is 2.75 bits per heavy atom. The molecule has 0 fully saturated rings. The molecule has 1 aromatic heterocycles. The van der Waals surface area contributed by atoms with Gasteiger partial charge in [-0.15, -0.1) is 0 Å². The lowest BCUT2D eigenvalue weighted by atomic mass is 10.3. The van der Waals surface area contributed by atoms with Crippen molar-refractivity contribution < 1.29 is 0 Å². The number of halogens is 2. The summed E-state index contributed by atoms with van der Waals surface area (Å²) in [6.07, 6.45) is 0. The maximum atomic E-state index is 4.44. The number of aromatic nitrogens is 1. The van der Waals surface area contributed by atoms with Crippen molar-refractivity contribution in [2.45, 2.75) is 6.92 Å². The second-order valence-corrected chi connectivity index (χ2v) is 5.50. The summed E-state index contributed by atoms with van der Waals surface area (Å²) in [5.74, 6) is 0.864. The molecule has 0 saturated heterocycles. The average Bonchev–Trinajstić information content (AvgIpc) is 2.24. The highest BCUT2D eigenvalue weighted by Gasteiger charge is 1.99. The van der Waals surface area contributed by atoms with Crippen LogP contribution in [0.4, 0.5) is 11.5 Å². The molecule has 0 saturated carbocycles. The Balaban J connectivity index is 2.24. The van der Waals surface area contributed by atoms with Crippen LogP contribution >= 0.6 is 38.5 Å². The molecular formula is C12H10BrIN2. The molecule has 0 spiro atoms. The van der Waals surface area contributed by atoms with Gasteiger partial charge in [0.05, 0.1) is 5.69 Å². The van der Waals surface area contributed by atoms with E-state index in [0.29, 0.717) is 0 Å². The molecule has 2 rings (SSSR count). The summed E-state index contributed by atoms with van der Waals surface area (Å²) in [4.78, 5) is 4.44. The highest BCUT2D eigenvalue weighted by molar-refractivity contribution is 14.1. The number of nitrogens with zero attached hydrogens (tertiary/aromatic N) is 1. The Hall–Kier alpha value is -0.620. The maximum Gasteiger partial charge on any atom is 0.130 e. The van der Waals surface area contributed by atoms with E-state index in [-0.39, 0.29) is 0 Å². The van der Waals surface area contributed by atoms with Crippen molar-refractivity contribution in [1.82, 2.24) is 4.98 Å². The zero-order valence-electron chi connectivity index (χ0n) is 8.67. The zero-order chi connectivity index (χ0) is 11.5. The summed E-state index contributed by atoms with van der Waals surface area (Å²) in [5.41, 5.74) is 2.04. The van der Waals surface area contributed by atoms with E-state index in [1.54, 1.807) is 0 Å². The lowest BCUT2D eigenvalue weighted by Gasteiger charge is -2.07. The van der Waals surface area contributed by atoms with Crippen LogP contribution in [0, 0.1) is 10.5 Å². The molecule has 2 aromatic rings. The van der Waals surface area contributed by atoms with Gasteiger partial charge in [0.2, 0.25) is 0 Å². The molecule has 0 unspecified atom stereocenters. The quantitative estimate of drug-likeness (QED) is 0.766. The summed E-state index contributed by atoms with van der Waals surface area (Å²) in [5, 5.41) is 3.28. The van der Waals surface area contributed by atoms with Crippen molar-refractivity contribution in [2.75, 3.05) is 5.32 Å². The minimum atomic E-state index is 0.864. The second kappa shape index (κ2) is 5.14. The Morgan fingerprint density at radius 1 is 1.25 bits per heavy atom. The first-order chi connectivity index (χ1) is 7.65. The van der Waals surface area contributed by atoms with Gasteiger partial charge in [0.25, 0.3) is 0 Å². The first-order valence-electron chi connectivity index (χ1n) is 4.81. The fourth-order valence-electron chi connectivity index (χ4n) is 1.33. The van der Waals surface area contributed by atoms with Gasteiger partial charge in [-0.3, -0.25) is 0 Å². The Kier molecular flexibility index (Phi) is 3.81. The third kappa shape index (κ3) is 2.95. The van der Waals surface area contributed by atoms with Gasteiger partial charge in [-0.25, -0.2) is 4.98 Å². The van der Waals surface area contributed by atoms with Crippen molar-refractivity contribution in [3.63, 3.8) is 0 Å². The van der Waals surface area contributed by atoms with Crippen molar-refractivity contribution in [1.29, 1.82) is 0 Å². The molecule has 0 aliphatic heterocycles. The number of rotatable bonds is 2. The second-order valence-electron chi connectivity index (χ2n) is 3.40. The first-order valence-corrected chi connectivity index (χ1v) is 6.68. The van der Waals surface area contributed by atoms with Crippen molar-refractivity contribution in [3.8, 4) is 0 Å². The highest BCUT2D eigenvalue weighted by atomic mass is 127. The van der Waals surface area contributed by atoms with E-state index in [9.17, 15) is 0 Å². The Bertz CT molecular complexity index is 514. The summed E-state index contributed by atoms with van der Waals surface area (Å²) in [6, 6.07) is 12.2. The minimum Gasteiger partial charge on any atom is -0.340 e. The molecule has 82 valence electrons. The number of hydrogen-bond donors (Lipinski definition) is 1. The van der Waals surface area contributed by atoms with Crippen molar-refractivity contribution >= 4 is 50.0 Å². The van der Waals surface area contributed by atoms with E-state index in [0.717, 1.165) is 21.7 Å². The zero-order valence-corrected chi connectivity index (χ0v) is 12.4. The van der Waals surface area contributed by atoms with E-state index in [1.807, 2.05) is 31.2 Å². The predicted octanol–water partition coefficient (Wildman–Crippen LogP) is 4.50. The molecule has 1 N–H and O–H groups in total. The SMILES string of the molecule is Cc1nc(Nc2cccc(I)c2)ccc1Br. The highest BCUT2D eigenvalue weighted by Crippen LogP contribution is 2.20. The molecule has 16 heavy (non-hydrogen) atoms.